The molecule has 0 unspecified atom stereocenters. The Balaban J connectivity index is 1.23. The van der Waals surface area contributed by atoms with Crippen LogP contribution in [-0.4, -0.2) is 19.5 Å². The second-order valence-electron chi connectivity index (χ2n) is 12.8. The highest BCUT2D eigenvalue weighted by Crippen LogP contribution is 2.48. The Morgan fingerprint density at radius 1 is 0.392 bits per heavy atom. The van der Waals surface area contributed by atoms with Crippen molar-refractivity contribution in [3.63, 3.8) is 0 Å². The summed E-state index contributed by atoms with van der Waals surface area (Å²) in [5, 5.41) is 6.36. The Morgan fingerprint density at radius 3 is 1.53 bits per heavy atom. The number of rotatable bonds is 4. The number of fused-ring (bicyclic) bond motifs is 12. The number of aromatic nitrogens is 4. The van der Waals surface area contributed by atoms with Crippen LogP contribution in [0.5, 0.6) is 0 Å². The van der Waals surface area contributed by atoms with Crippen LogP contribution in [0.1, 0.15) is 0 Å². The lowest BCUT2D eigenvalue weighted by molar-refractivity contribution is 0.667. The van der Waals surface area contributed by atoms with Gasteiger partial charge in [-0.25, -0.2) is 15.0 Å². The monoisotopic (exact) mass is 654 g/mol. The minimum Gasteiger partial charge on any atom is -0.455 e. The normalized spacial score (nSPS) is 11.9. The van der Waals surface area contributed by atoms with Crippen LogP contribution >= 0.6 is 0 Å². The van der Waals surface area contributed by atoms with E-state index in [0.717, 1.165) is 88.1 Å². The lowest BCUT2D eigenvalue weighted by Gasteiger charge is -2.12. The van der Waals surface area contributed by atoms with Gasteiger partial charge in [-0.05, 0) is 30.3 Å². The van der Waals surface area contributed by atoms with Crippen LogP contribution in [0.25, 0.3) is 106 Å². The van der Waals surface area contributed by atoms with E-state index in [1.165, 1.54) is 0 Å². The summed E-state index contributed by atoms with van der Waals surface area (Å²) in [6, 6.07) is 53.5. The highest BCUT2D eigenvalue weighted by molar-refractivity contribution is 6.38. The van der Waals surface area contributed by atoms with Gasteiger partial charge in [0.25, 0.3) is 0 Å². The molecule has 6 heteroatoms. The Bertz CT molecular complexity index is 3080. The lowest BCUT2D eigenvalue weighted by Crippen LogP contribution is -2.01. The molecule has 0 spiro atoms. The molecule has 11 aromatic rings. The van der Waals surface area contributed by atoms with E-state index >= 15 is 0 Å². The molecule has 0 saturated heterocycles. The van der Waals surface area contributed by atoms with E-state index < -0.39 is 0 Å². The maximum atomic E-state index is 6.83. The molecule has 0 amide bonds. The average molecular weight is 655 g/mol. The van der Waals surface area contributed by atoms with Gasteiger partial charge in [-0.15, -0.1) is 0 Å². The van der Waals surface area contributed by atoms with Gasteiger partial charge in [0.2, 0.25) is 0 Å². The quantitative estimate of drug-likeness (QED) is 0.189. The van der Waals surface area contributed by atoms with Crippen molar-refractivity contribution in [3.8, 4) is 39.9 Å². The molecule has 11 rings (SSSR count). The number of benzene rings is 7. The molecular weight excluding hydrogens is 629 g/mol. The maximum absolute atomic E-state index is 6.83. The standard InChI is InChI=1S/C45H26N4O2/c1-3-14-27(15-4-1)43-46-44(28-16-5-2-6-17-28)48-45(47-43)29-18-13-19-30(26-29)49-34-23-10-7-20-31(34)39-40(49)42-38(33-22-9-12-25-36(33)51-42)37-32-21-8-11-24-35(32)50-41(37)39/h1-26H. The summed E-state index contributed by atoms with van der Waals surface area (Å²) in [6.07, 6.45) is 0. The second kappa shape index (κ2) is 10.7. The fourth-order valence-electron chi connectivity index (χ4n) is 7.60. The Morgan fingerprint density at radius 2 is 0.882 bits per heavy atom. The van der Waals surface area contributed by atoms with E-state index in [1.54, 1.807) is 0 Å². The molecule has 4 aromatic heterocycles. The summed E-state index contributed by atoms with van der Waals surface area (Å²) in [5.41, 5.74) is 9.06. The highest BCUT2D eigenvalue weighted by Gasteiger charge is 2.26. The molecule has 0 aliphatic heterocycles. The van der Waals surface area contributed by atoms with Crippen LogP contribution in [-0.2, 0) is 0 Å². The van der Waals surface area contributed by atoms with Crippen molar-refractivity contribution in [2.24, 2.45) is 0 Å². The van der Waals surface area contributed by atoms with Crippen molar-refractivity contribution in [1.29, 1.82) is 0 Å². The van der Waals surface area contributed by atoms with E-state index in [4.69, 9.17) is 23.8 Å². The molecule has 6 nitrogen and oxygen atoms in total. The van der Waals surface area contributed by atoms with Crippen LogP contribution in [0.2, 0.25) is 0 Å². The van der Waals surface area contributed by atoms with Crippen LogP contribution < -0.4 is 0 Å². The fraction of sp³-hybridized carbons (Fsp3) is 0. The molecule has 0 N–H and O–H groups in total. The molecule has 4 heterocycles. The topological polar surface area (TPSA) is 69.9 Å². The van der Waals surface area contributed by atoms with E-state index in [2.05, 4.69) is 77.4 Å². The summed E-state index contributed by atoms with van der Waals surface area (Å²) in [6.45, 7) is 0. The molecule has 238 valence electrons. The van der Waals surface area contributed by atoms with Crippen LogP contribution in [0, 0.1) is 0 Å². The Hall–Kier alpha value is -7.05. The second-order valence-corrected chi connectivity index (χ2v) is 12.8. The number of furan rings is 2. The third-order valence-electron chi connectivity index (χ3n) is 9.82. The zero-order valence-corrected chi connectivity index (χ0v) is 27.1. The van der Waals surface area contributed by atoms with Crippen molar-refractivity contribution >= 4 is 65.7 Å². The van der Waals surface area contributed by atoms with E-state index in [1.807, 2.05) is 84.9 Å². The minimum atomic E-state index is 0.596. The molecule has 7 aromatic carbocycles. The third-order valence-corrected chi connectivity index (χ3v) is 9.82. The largest absolute Gasteiger partial charge is 0.455 e. The van der Waals surface area contributed by atoms with Gasteiger partial charge in [-0.2, -0.15) is 0 Å². The van der Waals surface area contributed by atoms with Crippen LogP contribution in [0.15, 0.2) is 167 Å². The van der Waals surface area contributed by atoms with Gasteiger partial charge in [0, 0.05) is 49.3 Å². The molecule has 0 fully saturated rings. The number of nitrogens with zero attached hydrogens (tertiary/aromatic N) is 4. The molecular formula is C45H26N4O2. The van der Waals surface area contributed by atoms with Crippen molar-refractivity contribution in [1.82, 2.24) is 19.5 Å². The predicted molar refractivity (Wildman–Crippen MR) is 205 cm³/mol. The molecule has 0 atom stereocenters. The van der Waals surface area contributed by atoms with Gasteiger partial charge in [0.05, 0.1) is 10.9 Å². The summed E-state index contributed by atoms with van der Waals surface area (Å²) < 4.78 is 15.9. The van der Waals surface area contributed by atoms with E-state index in [0.29, 0.717) is 17.5 Å². The third kappa shape index (κ3) is 4.14. The first-order valence-corrected chi connectivity index (χ1v) is 17.0. The summed E-state index contributed by atoms with van der Waals surface area (Å²) in [5.74, 6) is 1.84. The summed E-state index contributed by atoms with van der Waals surface area (Å²) in [7, 11) is 0. The predicted octanol–water partition coefficient (Wildman–Crippen LogP) is 11.8. The van der Waals surface area contributed by atoms with Crippen molar-refractivity contribution < 1.29 is 8.83 Å². The van der Waals surface area contributed by atoms with E-state index in [9.17, 15) is 0 Å². The van der Waals surface area contributed by atoms with Crippen molar-refractivity contribution in [2.45, 2.75) is 0 Å². The zero-order chi connectivity index (χ0) is 33.5. The molecule has 0 aliphatic rings. The van der Waals surface area contributed by atoms with Gasteiger partial charge in [-0.3, -0.25) is 0 Å². The van der Waals surface area contributed by atoms with Gasteiger partial charge < -0.3 is 13.4 Å². The Kier molecular flexibility index (Phi) is 5.86. The summed E-state index contributed by atoms with van der Waals surface area (Å²) in [4.78, 5) is 15.0. The van der Waals surface area contributed by atoms with Gasteiger partial charge in [0.15, 0.2) is 23.1 Å². The zero-order valence-electron chi connectivity index (χ0n) is 27.1. The highest BCUT2D eigenvalue weighted by atomic mass is 16.3. The summed E-state index contributed by atoms with van der Waals surface area (Å²) >= 11 is 0. The van der Waals surface area contributed by atoms with Crippen molar-refractivity contribution in [2.75, 3.05) is 0 Å². The minimum absolute atomic E-state index is 0.596. The number of para-hydroxylation sites is 3. The average Bonchev–Trinajstić information content (AvgIpc) is 3.88. The molecule has 0 bridgehead atoms. The van der Waals surface area contributed by atoms with Gasteiger partial charge in [-0.1, -0.05) is 127 Å². The number of hydrogen-bond donors (Lipinski definition) is 0. The molecule has 0 aliphatic carbocycles. The van der Waals surface area contributed by atoms with Crippen LogP contribution in [0.4, 0.5) is 0 Å². The maximum Gasteiger partial charge on any atom is 0.164 e. The van der Waals surface area contributed by atoms with Crippen LogP contribution in [0.3, 0.4) is 0 Å². The first-order valence-electron chi connectivity index (χ1n) is 17.0. The molecule has 0 saturated carbocycles. The lowest BCUT2D eigenvalue weighted by atomic mass is 10.0. The SMILES string of the molecule is c1ccc(-c2nc(-c3ccccc3)nc(-c3cccc(-n4c5ccccc5c5c6oc7ccccc7c6c6c7ccccc7oc6c54)c3)n2)cc1. The first kappa shape index (κ1) is 27.9. The Labute approximate surface area is 290 Å². The van der Waals surface area contributed by atoms with Crippen molar-refractivity contribution in [3.05, 3.63) is 158 Å². The molecule has 51 heavy (non-hydrogen) atoms. The smallest absolute Gasteiger partial charge is 0.164 e. The fourth-order valence-corrected chi connectivity index (χ4v) is 7.60. The number of hydrogen-bond acceptors (Lipinski definition) is 5. The first-order chi connectivity index (χ1) is 25.3. The van der Waals surface area contributed by atoms with E-state index in [-0.39, 0.29) is 0 Å². The van der Waals surface area contributed by atoms with Gasteiger partial charge in [0.1, 0.15) is 22.3 Å². The molecule has 0 radical (unpaired) electrons. The van der Waals surface area contributed by atoms with Gasteiger partial charge >= 0.3 is 0 Å².